The molecular weight excluding hydrogens is 251 g/mol. The molecule has 7 heteroatoms. The van der Waals surface area contributed by atoms with E-state index in [2.05, 4.69) is 0 Å². The number of non-ortho nitro benzene ring substituents is 1. The summed E-state index contributed by atoms with van der Waals surface area (Å²) in [5.41, 5.74) is -2.31. The van der Waals surface area contributed by atoms with Crippen molar-refractivity contribution in [2.24, 2.45) is 0 Å². The lowest BCUT2D eigenvalue weighted by molar-refractivity contribution is -0.385. The number of benzene rings is 1. The summed E-state index contributed by atoms with van der Waals surface area (Å²) >= 11 is 0. The van der Waals surface area contributed by atoms with Gasteiger partial charge in [0.05, 0.1) is 10.5 Å². The van der Waals surface area contributed by atoms with Crippen LogP contribution in [0.15, 0.2) is 12.1 Å². The Morgan fingerprint density at radius 2 is 1.94 bits per heavy atom. The van der Waals surface area contributed by atoms with Gasteiger partial charge in [-0.25, -0.2) is 0 Å². The first-order valence-electron chi connectivity index (χ1n) is 5.08. The fourth-order valence-corrected chi connectivity index (χ4v) is 1.71. The Labute approximate surface area is 101 Å². The monoisotopic (exact) mass is 261 g/mol. The van der Waals surface area contributed by atoms with E-state index in [1.807, 2.05) is 0 Å². The molecule has 0 amide bonds. The zero-order chi connectivity index (χ0) is 14.1. The summed E-state index contributed by atoms with van der Waals surface area (Å²) in [5.74, 6) is -0.624. The van der Waals surface area contributed by atoms with E-state index >= 15 is 0 Å². The molecule has 0 aliphatic rings. The molecule has 0 spiro atoms. The van der Waals surface area contributed by atoms with Gasteiger partial charge in [-0.3, -0.25) is 14.9 Å². The Morgan fingerprint density at radius 3 is 2.28 bits per heavy atom. The molecule has 98 valence electrons. The Bertz CT molecular complexity index is 509. The zero-order valence-corrected chi connectivity index (χ0v) is 9.67. The van der Waals surface area contributed by atoms with E-state index in [1.54, 1.807) is 0 Å². The molecule has 0 unspecified atom stereocenters. The molecule has 1 rings (SSSR count). The van der Waals surface area contributed by atoms with Crippen LogP contribution in [0.3, 0.4) is 0 Å². The highest BCUT2D eigenvalue weighted by Gasteiger charge is 2.36. The standard InChI is InChI=1S/C11H10F3NO3/c1-3-8-9(6(2)16)4-7(15(17)18)5-10(8)11(12,13)14/h4-5H,3H2,1-2H3. The van der Waals surface area contributed by atoms with E-state index in [9.17, 15) is 28.1 Å². The van der Waals surface area contributed by atoms with E-state index in [1.165, 1.54) is 6.92 Å². The summed E-state index contributed by atoms with van der Waals surface area (Å²) in [6, 6.07) is 1.35. The maximum absolute atomic E-state index is 12.8. The number of alkyl halides is 3. The van der Waals surface area contributed by atoms with Gasteiger partial charge in [0.2, 0.25) is 0 Å². The van der Waals surface area contributed by atoms with Crippen LogP contribution in [0.1, 0.15) is 35.3 Å². The molecule has 0 aliphatic heterocycles. The lowest BCUT2D eigenvalue weighted by atomic mass is 9.95. The van der Waals surface area contributed by atoms with E-state index < -0.39 is 28.1 Å². The summed E-state index contributed by atoms with van der Waals surface area (Å²) in [5, 5.41) is 10.6. The van der Waals surface area contributed by atoms with E-state index in [4.69, 9.17) is 0 Å². The van der Waals surface area contributed by atoms with Gasteiger partial charge in [-0.05, 0) is 18.9 Å². The van der Waals surface area contributed by atoms with Crippen molar-refractivity contribution in [3.05, 3.63) is 38.9 Å². The van der Waals surface area contributed by atoms with E-state index in [0.29, 0.717) is 6.07 Å². The lowest BCUT2D eigenvalue weighted by Gasteiger charge is -2.14. The molecule has 1 aromatic rings. The molecule has 0 N–H and O–H groups in total. The van der Waals surface area contributed by atoms with E-state index in [-0.39, 0.29) is 17.5 Å². The molecule has 1 aromatic carbocycles. The molecule has 0 aromatic heterocycles. The molecule has 0 saturated heterocycles. The second-order valence-electron chi connectivity index (χ2n) is 3.68. The highest BCUT2D eigenvalue weighted by atomic mass is 19.4. The Kier molecular flexibility index (Phi) is 3.73. The van der Waals surface area contributed by atoms with Crippen molar-refractivity contribution in [3.63, 3.8) is 0 Å². The number of rotatable bonds is 3. The first-order chi connectivity index (χ1) is 8.18. The van der Waals surface area contributed by atoms with E-state index in [0.717, 1.165) is 13.0 Å². The SMILES string of the molecule is CCc1c(C(C)=O)cc([N+](=O)[O-])cc1C(F)(F)F. The predicted molar refractivity (Wildman–Crippen MR) is 57.5 cm³/mol. The van der Waals surface area contributed by atoms with Crippen LogP contribution >= 0.6 is 0 Å². The molecule has 0 aliphatic carbocycles. The molecule has 0 saturated carbocycles. The smallest absolute Gasteiger partial charge is 0.294 e. The van der Waals surface area contributed by atoms with Crippen molar-refractivity contribution in [2.45, 2.75) is 26.4 Å². The Balaban J connectivity index is 3.67. The van der Waals surface area contributed by atoms with Crippen LogP contribution in [0.2, 0.25) is 0 Å². The van der Waals surface area contributed by atoms with Gasteiger partial charge in [0, 0.05) is 17.7 Å². The first-order valence-corrected chi connectivity index (χ1v) is 5.08. The minimum Gasteiger partial charge on any atom is -0.294 e. The molecule has 0 atom stereocenters. The summed E-state index contributed by atoms with van der Waals surface area (Å²) in [6.07, 6.45) is -4.75. The molecule has 0 heterocycles. The maximum atomic E-state index is 12.8. The third-order valence-electron chi connectivity index (χ3n) is 2.48. The number of halogens is 3. The molecule has 0 bridgehead atoms. The predicted octanol–water partition coefficient (Wildman–Crippen LogP) is 3.38. The van der Waals surface area contributed by atoms with Crippen LogP contribution in [0, 0.1) is 10.1 Å². The average molecular weight is 261 g/mol. The number of ketones is 1. The second-order valence-corrected chi connectivity index (χ2v) is 3.68. The molecule has 0 radical (unpaired) electrons. The highest BCUT2D eigenvalue weighted by Crippen LogP contribution is 2.36. The minimum atomic E-state index is -4.72. The fourth-order valence-electron chi connectivity index (χ4n) is 1.71. The van der Waals surface area contributed by atoms with Crippen LogP contribution < -0.4 is 0 Å². The number of Topliss-reactive ketones (excluding diaryl/α,β-unsaturated/α-hetero) is 1. The number of hydrogen-bond acceptors (Lipinski definition) is 3. The van der Waals surface area contributed by atoms with Crippen LogP contribution in [-0.4, -0.2) is 10.7 Å². The third-order valence-corrected chi connectivity index (χ3v) is 2.48. The third kappa shape index (κ3) is 2.66. The lowest BCUT2D eigenvalue weighted by Crippen LogP contribution is -2.13. The normalized spacial score (nSPS) is 11.4. The molecule has 4 nitrogen and oxygen atoms in total. The second kappa shape index (κ2) is 4.75. The van der Waals surface area contributed by atoms with Crippen molar-refractivity contribution in [2.75, 3.05) is 0 Å². The van der Waals surface area contributed by atoms with Crippen molar-refractivity contribution in [3.8, 4) is 0 Å². The first kappa shape index (κ1) is 14.1. The summed E-state index contributed by atoms with van der Waals surface area (Å²) in [7, 11) is 0. The Morgan fingerprint density at radius 1 is 1.39 bits per heavy atom. The van der Waals surface area contributed by atoms with Crippen molar-refractivity contribution >= 4 is 11.5 Å². The maximum Gasteiger partial charge on any atom is 0.416 e. The van der Waals surface area contributed by atoms with Gasteiger partial charge < -0.3 is 0 Å². The van der Waals surface area contributed by atoms with Crippen LogP contribution in [0.5, 0.6) is 0 Å². The van der Waals surface area contributed by atoms with Gasteiger partial charge in [-0.2, -0.15) is 13.2 Å². The van der Waals surface area contributed by atoms with Crippen molar-refractivity contribution in [1.82, 2.24) is 0 Å². The number of carbonyl (C=O) groups excluding carboxylic acids is 1. The number of nitro groups is 1. The van der Waals surface area contributed by atoms with Crippen molar-refractivity contribution < 1.29 is 22.9 Å². The summed E-state index contributed by atoms with van der Waals surface area (Å²) in [6.45, 7) is 2.54. The van der Waals surface area contributed by atoms with Crippen molar-refractivity contribution in [1.29, 1.82) is 0 Å². The van der Waals surface area contributed by atoms with Gasteiger partial charge >= 0.3 is 6.18 Å². The summed E-state index contributed by atoms with van der Waals surface area (Å²) < 4.78 is 38.4. The van der Waals surface area contributed by atoms with Gasteiger partial charge in [-0.1, -0.05) is 6.92 Å². The van der Waals surface area contributed by atoms with Gasteiger partial charge in [0.25, 0.3) is 5.69 Å². The number of hydrogen-bond donors (Lipinski definition) is 0. The van der Waals surface area contributed by atoms with Gasteiger partial charge in [0.15, 0.2) is 5.78 Å². The minimum absolute atomic E-state index is 0.0260. The number of nitrogens with zero attached hydrogens (tertiary/aromatic N) is 1. The number of carbonyl (C=O) groups is 1. The fraction of sp³-hybridized carbons (Fsp3) is 0.364. The van der Waals surface area contributed by atoms with Crippen LogP contribution in [-0.2, 0) is 12.6 Å². The van der Waals surface area contributed by atoms with Gasteiger partial charge in [-0.15, -0.1) is 0 Å². The molecular formula is C11H10F3NO3. The van der Waals surface area contributed by atoms with Crippen LogP contribution in [0.4, 0.5) is 18.9 Å². The zero-order valence-electron chi connectivity index (χ0n) is 9.67. The largest absolute Gasteiger partial charge is 0.416 e. The summed E-state index contributed by atoms with van der Waals surface area (Å²) in [4.78, 5) is 20.9. The average Bonchev–Trinajstić information content (AvgIpc) is 2.25. The van der Waals surface area contributed by atoms with Crippen LogP contribution in [0.25, 0.3) is 0 Å². The highest BCUT2D eigenvalue weighted by molar-refractivity contribution is 5.96. The van der Waals surface area contributed by atoms with Gasteiger partial charge in [0.1, 0.15) is 0 Å². The molecule has 0 fully saturated rings. The topological polar surface area (TPSA) is 60.2 Å². The number of nitro benzene ring substituents is 1. The Hall–Kier alpha value is -1.92. The molecule has 18 heavy (non-hydrogen) atoms. The quantitative estimate of drug-likeness (QED) is 0.476.